The maximum atomic E-state index is 11.4. The Kier molecular flexibility index (Phi) is 5.89. The van der Waals surface area contributed by atoms with E-state index in [9.17, 15) is 9.59 Å². The van der Waals surface area contributed by atoms with E-state index in [2.05, 4.69) is 9.27 Å². The van der Waals surface area contributed by atoms with Gasteiger partial charge in [0.2, 0.25) is 0 Å². The fourth-order valence-electron chi connectivity index (χ4n) is 1.11. The molecule has 0 bridgehead atoms. The second kappa shape index (κ2) is 7.21. The van der Waals surface area contributed by atoms with Gasteiger partial charge < -0.3 is 0 Å². The van der Waals surface area contributed by atoms with E-state index in [-0.39, 0.29) is 18.6 Å². The molecule has 1 aromatic carbocycles. The first-order chi connectivity index (χ1) is 8.13. The fraction of sp³-hybridized carbons (Fsp3) is 0.167. The molecule has 0 fully saturated rings. The van der Waals surface area contributed by atoms with E-state index >= 15 is 0 Å². The number of esters is 1. The standard InChI is InChI=1S/C12H12O4.Pb/c1-9(7-11(13)14)12(15)16-8-10-5-3-2-4-6-10;/h2-6H,1,7-8H2,(H,13,14);/q;+1/p-1. The number of benzene rings is 1. The summed E-state index contributed by atoms with van der Waals surface area (Å²) in [7, 11) is 0. The van der Waals surface area contributed by atoms with Gasteiger partial charge in [-0.1, -0.05) is 0 Å². The summed E-state index contributed by atoms with van der Waals surface area (Å²) in [5.74, 6) is -1.01. The van der Waals surface area contributed by atoms with Crippen LogP contribution in [0.1, 0.15) is 12.0 Å². The van der Waals surface area contributed by atoms with E-state index in [0.29, 0.717) is 26.2 Å². The first kappa shape index (κ1) is 13.9. The fourth-order valence-corrected chi connectivity index (χ4v) is 1.39. The molecule has 0 N–H and O–H groups in total. The minimum absolute atomic E-state index is 0.113. The van der Waals surface area contributed by atoms with Crippen LogP contribution in [0.2, 0.25) is 0 Å². The molecule has 0 aliphatic rings. The Labute approximate surface area is 116 Å². The second-order valence-electron chi connectivity index (χ2n) is 3.32. The molecule has 0 amide bonds. The molecule has 0 atom stereocenters. The van der Waals surface area contributed by atoms with Gasteiger partial charge in [-0.05, 0) is 0 Å². The number of carbonyl (C=O) groups excluding carboxylic acids is 2. The summed E-state index contributed by atoms with van der Waals surface area (Å²) in [4.78, 5) is 22.4. The Morgan fingerprint density at radius 2 is 1.88 bits per heavy atom. The summed E-state index contributed by atoms with van der Waals surface area (Å²) in [6.07, 6.45) is -0.114. The quantitative estimate of drug-likeness (QED) is 0.405. The van der Waals surface area contributed by atoms with Crippen LogP contribution in [0.15, 0.2) is 42.5 Å². The molecule has 1 aromatic rings. The van der Waals surface area contributed by atoms with Crippen LogP contribution >= 0.6 is 0 Å². The monoisotopic (exact) mass is 427 g/mol. The number of rotatable bonds is 5. The summed E-state index contributed by atoms with van der Waals surface area (Å²) >= 11 is 0.314. The number of hydrogen-bond donors (Lipinski definition) is 0. The van der Waals surface area contributed by atoms with Crippen molar-refractivity contribution >= 4 is 38.2 Å². The van der Waals surface area contributed by atoms with Crippen LogP contribution in [-0.2, 0) is 23.6 Å². The van der Waals surface area contributed by atoms with E-state index < -0.39 is 11.9 Å². The van der Waals surface area contributed by atoms with Gasteiger partial charge in [0.05, 0.1) is 0 Å². The molecule has 3 radical (unpaired) electrons. The molecule has 0 aliphatic carbocycles. The molecule has 0 heterocycles. The number of carbonyl (C=O) groups is 2. The van der Waals surface area contributed by atoms with E-state index in [1.165, 1.54) is 0 Å². The van der Waals surface area contributed by atoms with E-state index in [1.807, 2.05) is 30.3 Å². The second-order valence-corrected chi connectivity index (χ2v) is 4.11. The molecule has 1 rings (SSSR count). The van der Waals surface area contributed by atoms with Gasteiger partial charge in [0.25, 0.3) is 0 Å². The molecule has 87 valence electrons. The zero-order valence-corrected chi connectivity index (χ0v) is 13.0. The minimum atomic E-state index is -0.569. The predicted molar refractivity (Wildman–Crippen MR) is 61.8 cm³/mol. The molecular weight excluding hydrogens is 415 g/mol. The summed E-state index contributed by atoms with van der Waals surface area (Å²) in [5.41, 5.74) is 1.00. The molecule has 0 aliphatic heterocycles. The first-order valence-electron chi connectivity index (χ1n) is 4.88. The molecule has 17 heavy (non-hydrogen) atoms. The third-order valence-electron chi connectivity index (χ3n) is 1.97. The van der Waals surface area contributed by atoms with Crippen molar-refractivity contribution in [2.24, 2.45) is 0 Å². The summed E-state index contributed by atoms with van der Waals surface area (Å²) in [6.45, 7) is 3.67. The van der Waals surface area contributed by atoms with Gasteiger partial charge >= 0.3 is 116 Å². The third-order valence-corrected chi connectivity index (χ3v) is 2.86. The Morgan fingerprint density at radius 1 is 1.24 bits per heavy atom. The maximum absolute atomic E-state index is 11.4. The summed E-state index contributed by atoms with van der Waals surface area (Å²) in [6, 6.07) is 9.30. The van der Waals surface area contributed by atoms with Crippen molar-refractivity contribution < 1.29 is 17.0 Å². The van der Waals surface area contributed by atoms with Gasteiger partial charge in [0.1, 0.15) is 0 Å². The van der Waals surface area contributed by atoms with Crippen molar-refractivity contribution in [3.8, 4) is 0 Å². The Hall–Kier alpha value is -1.18. The van der Waals surface area contributed by atoms with Gasteiger partial charge in [-0.3, -0.25) is 0 Å². The van der Waals surface area contributed by atoms with Crippen LogP contribution in [-0.4, -0.2) is 38.2 Å². The van der Waals surface area contributed by atoms with Crippen LogP contribution in [0.5, 0.6) is 0 Å². The molecule has 0 saturated carbocycles. The molecule has 0 spiro atoms. The van der Waals surface area contributed by atoms with Gasteiger partial charge in [0.15, 0.2) is 0 Å². The third kappa shape index (κ3) is 5.12. The Balaban J connectivity index is 2.40. The zero-order chi connectivity index (χ0) is 12.7. The SMILES string of the molecule is C=C(CC(=O)[O][Pb])C(=O)OCc1ccccc1. The van der Waals surface area contributed by atoms with Crippen LogP contribution in [0, 0.1) is 0 Å². The predicted octanol–water partition coefficient (Wildman–Crippen LogP) is 1.30. The van der Waals surface area contributed by atoms with Crippen molar-refractivity contribution in [1.29, 1.82) is 0 Å². The van der Waals surface area contributed by atoms with Gasteiger partial charge in [-0.25, -0.2) is 0 Å². The average molecular weight is 426 g/mol. The normalized spacial score (nSPS) is 9.47. The van der Waals surface area contributed by atoms with Crippen molar-refractivity contribution in [2.75, 3.05) is 0 Å². The molecule has 0 aromatic heterocycles. The van der Waals surface area contributed by atoms with Crippen LogP contribution in [0.25, 0.3) is 0 Å². The first-order valence-corrected chi connectivity index (χ1v) is 6.47. The van der Waals surface area contributed by atoms with Crippen LogP contribution in [0.3, 0.4) is 0 Å². The molecule has 4 nitrogen and oxygen atoms in total. The Morgan fingerprint density at radius 3 is 2.47 bits per heavy atom. The Bertz CT molecular complexity index is 414. The number of ether oxygens (including phenoxy) is 1. The van der Waals surface area contributed by atoms with Crippen LogP contribution in [0.4, 0.5) is 0 Å². The average Bonchev–Trinajstić information content (AvgIpc) is 2.36. The van der Waals surface area contributed by atoms with Gasteiger partial charge in [0, 0.05) is 0 Å². The summed E-state index contributed by atoms with van der Waals surface area (Å²) < 4.78 is 9.57. The molecule has 5 heteroatoms. The van der Waals surface area contributed by atoms with Gasteiger partial charge in [-0.2, -0.15) is 0 Å². The van der Waals surface area contributed by atoms with Crippen molar-refractivity contribution in [1.82, 2.24) is 0 Å². The molecular formula is C12H11O4Pb. The topological polar surface area (TPSA) is 52.6 Å². The molecule has 0 unspecified atom stereocenters. The van der Waals surface area contributed by atoms with E-state index in [0.717, 1.165) is 5.56 Å². The van der Waals surface area contributed by atoms with Crippen molar-refractivity contribution in [2.45, 2.75) is 13.0 Å². The summed E-state index contributed by atoms with van der Waals surface area (Å²) in [5, 5.41) is 0. The molecule has 0 saturated heterocycles. The van der Waals surface area contributed by atoms with Crippen molar-refractivity contribution in [3.63, 3.8) is 0 Å². The number of hydrogen-bond acceptors (Lipinski definition) is 4. The van der Waals surface area contributed by atoms with Crippen LogP contribution < -0.4 is 0 Å². The van der Waals surface area contributed by atoms with E-state index in [1.54, 1.807) is 0 Å². The van der Waals surface area contributed by atoms with Crippen molar-refractivity contribution in [3.05, 3.63) is 48.0 Å². The van der Waals surface area contributed by atoms with E-state index in [4.69, 9.17) is 4.74 Å². The zero-order valence-electron chi connectivity index (χ0n) is 9.14. The van der Waals surface area contributed by atoms with Gasteiger partial charge in [-0.15, -0.1) is 0 Å².